The van der Waals surface area contributed by atoms with Crippen LogP contribution in [0.1, 0.15) is 85.7 Å². The number of hydrogen-bond donors (Lipinski definition) is 0. The second-order valence-electron chi connectivity index (χ2n) is 9.63. The third-order valence-corrected chi connectivity index (χ3v) is 6.89. The normalized spacial score (nSPS) is 17.5. The highest BCUT2D eigenvalue weighted by molar-refractivity contribution is 5.91. The summed E-state index contributed by atoms with van der Waals surface area (Å²) in [6, 6.07) is 15.2. The van der Waals surface area contributed by atoms with Gasteiger partial charge in [-0.3, -0.25) is 0 Å². The first-order valence-electron chi connectivity index (χ1n) is 13.4. The van der Waals surface area contributed by atoms with Gasteiger partial charge in [-0.05, 0) is 73.8 Å². The van der Waals surface area contributed by atoms with Gasteiger partial charge in [0.2, 0.25) is 0 Å². The van der Waals surface area contributed by atoms with E-state index in [0.717, 1.165) is 24.3 Å². The fraction of sp³-hybridized carbons (Fsp3) is 0.516. The average Bonchev–Trinajstić information content (AvgIpc) is 2.91. The van der Waals surface area contributed by atoms with E-state index in [0.29, 0.717) is 49.4 Å². The molecular weight excluding hydrogens is 452 g/mol. The second kappa shape index (κ2) is 15.5. The molecule has 1 aliphatic carbocycles. The molecule has 5 heteroatoms. The number of hydrogen-bond acceptors (Lipinski definition) is 5. The van der Waals surface area contributed by atoms with Crippen molar-refractivity contribution in [3.63, 3.8) is 0 Å². The van der Waals surface area contributed by atoms with Crippen molar-refractivity contribution in [3.8, 4) is 5.75 Å². The molecule has 0 spiro atoms. The van der Waals surface area contributed by atoms with E-state index in [1.54, 1.807) is 19.2 Å². The lowest BCUT2D eigenvalue weighted by molar-refractivity contribution is 0.0734. The topological polar surface area (TPSA) is 54.0 Å². The second-order valence-corrected chi connectivity index (χ2v) is 9.63. The van der Waals surface area contributed by atoms with Crippen LogP contribution in [0.15, 0.2) is 55.1 Å². The zero-order chi connectivity index (χ0) is 25.6. The largest absolute Gasteiger partial charge is 0.494 e. The first-order valence-corrected chi connectivity index (χ1v) is 13.4. The maximum absolute atomic E-state index is 12.6. The minimum atomic E-state index is -0.369. The Balaban J connectivity index is 1.40. The summed E-state index contributed by atoms with van der Waals surface area (Å²) in [5.74, 6) is 2.31. The van der Waals surface area contributed by atoms with E-state index in [4.69, 9.17) is 18.9 Å². The number of benzene rings is 2. The molecule has 0 radical (unpaired) electrons. The smallest absolute Gasteiger partial charge is 0.343 e. The molecule has 0 bridgehead atoms. The van der Waals surface area contributed by atoms with Crippen molar-refractivity contribution in [1.82, 2.24) is 0 Å². The molecule has 3 rings (SSSR count). The van der Waals surface area contributed by atoms with Gasteiger partial charge in [-0.15, -0.1) is 0 Å². The van der Waals surface area contributed by atoms with Crippen molar-refractivity contribution >= 4 is 11.7 Å². The molecule has 0 atom stereocenters. The molecule has 196 valence electrons. The zero-order valence-corrected chi connectivity index (χ0v) is 22.0. The third kappa shape index (κ3) is 9.11. The number of esters is 1. The SMILES string of the molecule is C=C(OCCCOCCCOC)c1ccc(C(=O)Oc2ccc(C3CCC(CCC)CC3)cc2)cc1. The Morgan fingerprint density at radius 1 is 0.861 bits per heavy atom. The highest BCUT2D eigenvalue weighted by Gasteiger charge is 2.22. The van der Waals surface area contributed by atoms with Crippen LogP contribution in [0.25, 0.3) is 5.76 Å². The molecule has 0 saturated heterocycles. The van der Waals surface area contributed by atoms with Gasteiger partial charge in [-0.2, -0.15) is 0 Å². The van der Waals surface area contributed by atoms with Gasteiger partial charge < -0.3 is 18.9 Å². The molecule has 0 aliphatic heterocycles. The molecule has 0 aromatic heterocycles. The van der Waals surface area contributed by atoms with Crippen LogP contribution in [0.2, 0.25) is 0 Å². The van der Waals surface area contributed by atoms with E-state index < -0.39 is 0 Å². The molecule has 0 amide bonds. The maximum atomic E-state index is 12.6. The molecule has 0 N–H and O–H groups in total. The third-order valence-electron chi connectivity index (χ3n) is 6.89. The summed E-state index contributed by atoms with van der Waals surface area (Å²) in [5, 5.41) is 0. The van der Waals surface area contributed by atoms with E-state index in [2.05, 4.69) is 25.6 Å². The Labute approximate surface area is 216 Å². The summed E-state index contributed by atoms with van der Waals surface area (Å²) in [6.45, 7) is 8.84. The van der Waals surface area contributed by atoms with Crippen molar-refractivity contribution in [1.29, 1.82) is 0 Å². The van der Waals surface area contributed by atoms with Gasteiger partial charge in [0, 0.05) is 38.9 Å². The summed E-state index contributed by atoms with van der Waals surface area (Å²) < 4.78 is 21.8. The van der Waals surface area contributed by atoms with Gasteiger partial charge >= 0.3 is 5.97 Å². The Morgan fingerprint density at radius 3 is 2.14 bits per heavy atom. The van der Waals surface area contributed by atoms with Crippen LogP contribution < -0.4 is 4.74 Å². The van der Waals surface area contributed by atoms with Crippen LogP contribution >= 0.6 is 0 Å². The molecule has 1 fully saturated rings. The summed E-state index contributed by atoms with van der Waals surface area (Å²) in [4.78, 5) is 12.6. The van der Waals surface area contributed by atoms with Crippen LogP contribution in [-0.4, -0.2) is 39.5 Å². The highest BCUT2D eigenvalue weighted by Crippen LogP contribution is 2.37. The monoisotopic (exact) mass is 494 g/mol. The zero-order valence-electron chi connectivity index (χ0n) is 22.0. The summed E-state index contributed by atoms with van der Waals surface area (Å²) in [5.41, 5.74) is 2.69. The Bertz CT molecular complexity index is 911. The van der Waals surface area contributed by atoms with Gasteiger partial charge in [-0.25, -0.2) is 4.79 Å². The Morgan fingerprint density at radius 2 is 1.50 bits per heavy atom. The first kappa shape index (κ1) is 27.9. The van der Waals surface area contributed by atoms with Gasteiger partial charge in [0.05, 0.1) is 12.2 Å². The molecular formula is C31H42O5. The minimum absolute atomic E-state index is 0.369. The summed E-state index contributed by atoms with van der Waals surface area (Å²) in [7, 11) is 1.69. The van der Waals surface area contributed by atoms with Gasteiger partial charge in [0.15, 0.2) is 0 Å². The molecule has 1 aliphatic rings. The number of rotatable bonds is 15. The van der Waals surface area contributed by atoms with Gasteiger partial charge in [-0.1, -0.05) is 50.6 Å². The predicted molar refractivity (Wildman–Crippen MR) is 144 cm³/mol. The van der Waals surface area contributed by atoms with Gasteiger partial charge in [0.25, 0.3) is 0 Å². The molecule has 2 aromatic rings. The summed E-state index contributed by atoms with van der Waals surface area (Å²) >= 11 is 0. The lowest BCUT2D eigenvalue weighted by Gasteiger charge is -2.28. The van der Waals surface area contributed by atoms with Crippen LogP contribution in [0.4, 0.5) is 0 Å². The summed E-state index contributed by atoms with van der Waals surface area (Å²) in [6.07, 6.45) is 9.49. The quantitative estimate of drug-likeness (QED) is 0.112. The molecule has 2 aromatic carbocycles. The molecule has 5 nitrogen and oxygen atoms in total. The standard InChI is InChI=1S/C31H42O5/c1-4-7-25-8-10-27(11-9-25)28-16-18-30(19-17-28)36-31(32)29-14-12-26(13-15-29)24(2)35-23-6-22-34-21-5-20-33-3/h12-19,25,27H,2,4-11,20-23H2,1,3H3. The van der Waals surface area contributed by atoms with Crippen LogP contribution in [0.5, 0.6) is 5.75 Å². The van der Waals surface area contributed by atoms with E-state index in [9.17, 15) is 4.79 Å². The van der Waals surface area contributed by atoms with Crippen LogP contribution in [0, 0.1) is 5.92 Å². The number of methoxy groups -OCH3 is 1. The van der Waals surface area contributed by atoms with Crippen molar-refractivity contribution in [3.05, 3.63) is 71.8 Å². The first-order chi connectivity index (χ1) is 17.6. The Hall–Kier alpha value is -2.63. The number of carbonyl (C=O) groups is 1. The molecule has 0 heterocycles. The highest BCUT2D eigenvalue weighted by atomic mass is 16.5. The van der Waals surface area contributed by atoms with Crippen molar-refractivity contribution in [2.45, 2.75) is 64.2 Å². The van der Waals surface area contributed by atoms with Gasteiger partial charge in [0.1, 0.15) is 11.5 Å². The Kier molecular flexibility index (Phi) is 12.0. The molecule has 0 unspecified atom stereocenters. The lowest BCUT2D eigenvalue weighted by atomic mass is 9.77. The minimum Gasteiger partial charge on any atom is -0.494 e. The van der Waals surface area contributed by atoms with E-state index in [1.807, 2.05) is 24.3 Å². The fourth-order valence-electron chi connectivity index (χ4n) is 4.81. The molecule has 1 saturated carbocycles. The van der Waals surface area contributed by atoms with Crippen molar-refractivity contribution < 1.29 is 23.7 Å². The van der Waals surface area contributed by atoms with E-state index in [1.165, 1.54) is 44.1 Å². The van der Waals surface area contributed by atoms with Crippen molar-refractivity contribution in [2.75, 3.05) is 33.5 Å². The number of ether oxygens (including phenoxy) is 4. The predicted octanol–water partition coefficient (Wildman–Crippen LogP) is 7.41. The maximum Gasteiger partial charge on any atom is 0.343 e. The lowest BCUT2D eigenvalue weighted by Crippen LogP contribution is -2.13. The van der Waals surface area contributed by atoms with Crippen LogP contribution in [-0.2, 0) is 14.2 Å². The number of carbonyl (C=O) groups excluding carboxylic acids is 1. The fourth-order valence-corrected chi connectivity index (χ4v) is 4.81. The van der Waals surface area contributed by atoms with Crippen LogP contribution in [0.3, 0.4) is 0 Å². The van der Waals surface area contributed by atoms with E-state index >= 15 is 0 Å². The average molecular weight is 495 g/mol. The molecule has 36 heavy (non-hydrogen) atoms. The van der Waals surface area contributed by atoms with Crippen molar-refractivity contribution in [2.24, 2.45) is 5.92 Å². The van der Waals surface area contributed by atoms with E-state index in [-0.39, 0.29) is 5.97 Å².